The molecule has 1 aliphatic heterocycles. The summed E-state index contributed by atoms with van der Waals surface area (Å²) in [5.74, 6) is 2.57. The number of piperazine rings is 1. The largest absolute Gasteiger partial charge is 0.354 e. The SMILES string of the molecule is Cc1nc(Nc2ccn3ccnc3c2)cc(N2CCN(C)CC2)n1. The monoisotopic (exact) mass is 323 g/mol. The van der Waals surface area contributed by atoms with Crippen LogP contribution in [0.3, 0.4) is 0 Å². The van der Waals surface area contributed by atoms with Crippen molar-refractivity contribution in [3.05, 3.63) is 42.6 Å². The number of fused-ring (bicyclic) bond motifs is 1. The minimum absolute atomic E-state index is 0.774. The summed E-state index contributed by atoms with van der Waals surface area (Å²) in [7, 11) is 2.15. The Morgan fingerprint density at radius 1 is 1.04 bits per heavy atom. The number of imidazole rings is 1. The highest BCUT2D eigenvalue weighted by atomic mass is 15.3. The Kier molecular flexibility index (Phi) is 3.78. The molecule has 0 atom stereocenters. The number of rotatable bonds is 3. The van der Waals surface area contributed by atoms with Gasteiger partial charge in [0.1, 0.15) is 23.1 Å². The van der Waals surface area contributed by atoms with Crippen LogP contribution in [0, 0.1) is 6.92 Å². The fraction of sp³-hybridized carbons (Fsp3) is 0.353. The molecule has 0 bridgehead atoms. The summed E-state index contributed by atoms with van der Waals surface area (Å²) in [5, 5.41) is 3.37. The molecule has 4 rings (SSSR count). The van der Waals surface area contributed by atoms with Crippen LogP contribution in [0.15, 0.2) is 36.8 Å². The van der Waals surface area contributed by atoms with Crippen LogP contribution in [0.4, 0.5) is 17.3 Å². The maximum Gasteiger partial charge on any atom is 0.138 e. The number of likely N-dealkylation sites (N-methyl/N-ethyl adjacent to an activating group) is 1. The second-order valence-electron chi connectivity index (χ2n) is 6.18. The number of pyridine rings is 1. The summed E-state index contributed by atoms with van der Waals surface area (Å²) in [6.45, 7) is 6.03. The van der Waals surface area contributed by atoms with E-state index in [1.807, 2.05) is 41.9 Å². The minimum Gasteiger partial charge on any atom is -0.354 e. The second kappa shape index (κ2) is 6.09. The van der Waals surface area contributed by atoms with E-state index in [0.29, 0.717) is 0 Å². The molecule has 7 nitrogen and oxygen atoms in total. The standard InChI is InChI=1S/C17H21N7/c1-13-19-15(12-17(20-13)24-9-7-22(2)8-10-24)21-14-3-5-23-6-4-18-16(23)11-14/h3-6,11-12H,7-10H2,1-2H3,(H,19,20,21). The molecule has 1 saturated heterocycles. The van der Waals surface area contributed by atoms with Crippen LogP contribution >= 0.6 is 0 Å². The quantitative estimate of drug-likeness (QED) is 0.795. The van der Waals surface area contributed by atoms with Crippen LogP contribution in [-0.2, 0) is 0 Å². The van der Waals surface area contributed by atoms with Crippen molar-refractivity contribution >= 4 is 23.0 Å². The van der Waals surface area contributed by atoms with Crippen molar-refractivity contribution in [2.24, 2.45) is 0 Å². The van der Waals surface area contributed by atoms with Gasteiger partial charge in [-0.3, -0.25) is 0 Å². The van der Waals surface area contributed by atoms with Gasteiger partial charge in [0, 0.05) is 62.6 Å². The number of hydrogen-bond donors (Lipinski definition) is 1. The Bertz CT molecular complexity index is 849. The van der Waals surface area contributed by atoms with E-state index in [1.165, 1.54) is 0 Å². The molecule has 4 heterocycles. The third kappa shape index (κ3) is 3.03. The van der Waals surface area contributed by atoms with Crippen LogP contribution in [-0.4, -0.2) is 57.5 Å². The number of hydrogen-bond acceptors (Lipinski definition) is 6. The van der Waals surface area contributed by atoms with Gasteiger partial charge in [0.15, 0.2) is 0 Å². The molecule has 0 unspecified atom stereocenters. The smallest absolute Gasteiger partial charge is 0.138 e. The van der Waals surface area contributed by atoms with E-state index >= 15 is 0 Å². The topological polar surface area (TPSA) is 61.6 Å². The van der Waals surface area contributed by atoms with E-state index < -0.39 is 0 Å². The molecule has 0 aromatic carbocycles. The Labute approximate surface area is 141 Å². The fourth-order valence-corrected chi connectivity index (χ4v) is 2.95. The van der Waals surface area contributed by atoms with E-state index in [2.05, 4.69) is 37.1 Å². The average molecular weight is 323 g/mol. The third-order valence-electron chi connectivity index (χ3n) is 4.32. The first-order valence-corrected chi connectivity index (χ1v) is 8.16. The zero-order valence-corrected chi connectivity index (χ0v) is 14.0. The summed E-state index contributed by atoms with van der Waals surface area (Å²) < 4.78 is 1.98. The first-order valence-electron chi connectivity index (χ1n) is 8.16. The molecular weight excluding hydrogens is 302 g/mol. The highest BCUT2D eigenvalue weighted by Crippen LogP contribution is 2.21. The van der Waals surface area contributed by atoms with Crippen molar-refractivity contribution in [3.8, 4) is 0 Å². The summed E-state index contributed by atoms with van der Waals surface area (Å²) >= 11 is 0. The maximum atomic E-state index is 4.61. The van der Waals surface area contributed by atoms with Crippen LogP contribution in [0.5, 0.6) is 0 Å². The van der Waals surface area contributed by atoms with Gasteiger partial charge in [0.05, 0.1) is 0 Å². The predicted octanol–water partition coefficient (Wildman–Crippen LogP) is 1.93. The first kappa shape index (κ1) is 14.9. The van der Waals surface area contributed by atoms with Crippen LogP contribution < -0.4 is 10.2 Å². The molecule has 0 saturated carbocycles. The van der Waals surface area contributed by atoms with E-state index in [-0.39, 0.29) is 0 Å². The van der Waals surface area contributed by atoms with Gasteiger partial charge < -0.3 is 19.5 Å². The van der Waals surface area contributed by atoms with Gasteiger partial charge in [-0.15, -0.1) is 0 Å². The van der Waals surface area contributed by atoms with E-state index in [9.17, 15) is 0 Å². The number of aromatic nitrogens is 4. The van der Waals surface area contributed by atoms with E-state index in [4.69, 9.17) is 0 Å². The van der Waals surface area contributed by atoms with Gasteiger partial charge in [-0.05, 0) is 20.0 Å². The molecule has 24 heavy (non-hydrogen) atoms. The molecule has 1 fully saturated rings. The molecule has 7 heteroatoms. The Morgan fingerprint density at radius 3 is 2.71 bits per heavy atom. The number of anilines is 3. The number of nitrogens with one attached hydrogen (secondary N) is 1. The lowest BCUT2D eigenvalue weighted by molar-refractivity contribution is 0.312. The number of nitrogens with zero attached hydrogens (tertiary/aromatic N) is 6. The summed E-state index contributed by atoms with van der Waals surface area (Å²) in [6, 6.07) is 6.04. The molecule has 0 amide bonds. The fourth-order valence-electron chi connectivity index (χ4n) is 2.95. The normalized spacial score (nSPS) is 15.8. The maximum absolute atomic E-state index is 4.61. The van der Waals surface area contributed by atoms with Gasteiger partial charge in [0.2, 0.25) is 0 Å². The number of aryl methyl sites for hydroxylation is 1. The van der Waals surface area contributed by atoms with Crippen molar-refractivity contribution in [2.75, 3.05) is 43.4 Å². The van der Waals surface area contributed by atoms with Crippen LogP contribution in [0.2, 0.25) is 0 Å². The highest BCUT2D eigenvalue weighted by Gasteiger charge is 2.16. The zero-order valence-electron chi connectivity index (χ0n) is 14.0. The van der Waals surface area contributed by atoms with Gasteiger partial charge in [-0.1, -0.05) is 0 Å². The molecule has 0 aliphatic carbocycles. The summed E-state index contributed by atoms with van der Waals surface area (Å²) in [5.41, 5.74) is 1.88. The Balaban J connectivity index is 1.58. The molecule has 1 aliphatic rings. The average Bonchev–Trinajstić information content (AvgIpc) is 3.02. The van der Waals surface area contributed by atoms with Crippen molar-refractivity contribution in [1.29, 1.82) is 0 Å². The molecule has 3 aromatic rings. The lowest BCUT2D eigenvalue weighted by atomic mass is 10.3. The van der Waals surface area contributed by atoms with Crippen molar-refractivity contribution < 1.29 is 0 Å². The summed E-state index contributed by atoms with van der Waals surface area (Å²) in [6.07, 6.45) is 5.71. The van der Waals surface area contributed by atoms with Gasteiger partial charge in [-0.25, -0.2) is 15.0 Å². The molecule has 0 spiro atoms. The Morgan fingerprint density at radius 2 is 1.88 bits per heavy atom. The molecular formula is C17H21N7. The second-order valence-corrected chi connectivity index (χ2v) is 6.18. The van der Waals surface area contributed by atoms with E-state index in [1.54, 1.807) is 6.20 Å². The predicted molar refractivity (Wildman–Crippen MR) is 95.0 cm³/mol. The van der Waals surface area contributed by atoms with Crippen LogP contribution in [0.25, 0.3) is 5.65 Å². The van der Waals surface area contributed by atoms with Crippen molar-refractivity contribution in [3.63, 3.8) is 0 Å². The molecule has 3 aromatic heterocycles. The van der Waals surface area contributed by atoms with Gasteiger partial charge >= 0.3 is 0 Å². The molecule has 1 N–H and O–H groups in total. The van der Waals surface area contributed by atoms with Crippen molar-refractivity contribution in [2.45, 2.75) is 6.92 Å². The Hall–Kier alpha value is -2.67. The summed E-state index contributed by atoms with van der Waals surface area (Å²) in [4.78, 5) is 18.1. The molecule has 0 radical (unpaired) electrons. The zero-order chi connectivity index (χ0) is 16.5. The lowest BCUT2D eigenvalue weighted by Gasteiger charge is -2.33. The molecule has 124 valence electrons. The van der Waals surface area contributed by atoms with E-state index in [0.717, 1.165) is 55.0 Å². The van der Waals surface area contributed by atoms with Gasteiger partial charge in [0.25, 0.3) is 0 Å². The van der Waals surface area contributed by atoms with Crippen LogP contribution in [0.1, 0.15) is 5.82 Å². The van der Waals surface area contributed by atoms with Crippen molar-refractivity contribution in [1.82, 2.24) is 24.3 Å². The minimum atomic E-state index is 0.774. The highest BCUT2D eigenvalue weighted by molar-refractivity contribution is 5.63. The van der Waals surface area contributed by atoms with Gasteiger partial charge in [-0.2, -0.15) is 0 Å². The third-order valence-corrected chi connectivity index (χ3v) is 4.32. The first-order chi connectivity index (χ1) is 11.7. The lowest BCUT2D eigenvalue weighted by Crippen LogP contribution is -2.44.